The molecule has 0 aliphatic carbocycles. The molecule has 2 aromatic heterocycles. The first-order valence-electron chi connectivity index (χ1n) is 7.37. The number of benzene rings is 1. The minimum atomic E-state index is -0.0355. The summed E-state index contributed by atoms with van der Waals surface area (Å²) in [4.78, 5) is 16.2. The molecule has 116 valence electrons. The minimum absolute atomic E-state index is 0.0355. The van der Waals surface area contributed by atoms with Crippen LogP contribution in [0.5, 0.6) is 5.75 Å². The Balaban J connectivity index is 2.04. The molecule has 0 aliphatic heterocycles. The van der Waals surface area contributed by atoms with E-state index in [2.05, 4.69) is 9.55 Å². The third-order valence-corrected chi connectivity index (χ3v) is 4.11. The van der Waals surface area contributed by atoms with Crippen LogP contribution in [0.25, 0.3) is 17.0 Å². The Morgan fingerprint density at radius 1 is 1.22 bits per heavy atom. The smallest absolute Gasteiger partial charge is 0.185 e. The molecule has 3 aromatic rings. The number of pyridine rings is 1. The number of ether oxygens (including phenoxy) is 1. The number of hydrogen-bond acceptors (Lipinski definition) is 3. The lowest BCUT2D eigenvalue weighted by Gasteiger charge is -2.00. The Hall–Kier alpha value is -2.88. The van der Waals surface area contributed by atoms with E-state index >= 15 is 0 Å². The Morgan fingerprint density at radius 3 is 2.65 bits per heavy atom. The summed E-state index contributed by atoms with van der Waals surface area (Å²) < 4.78 is 7.43. The zero-order chi connectivity index (χ0) is 16.4. The number of fused-ring (bicyclic) bond motifs is 1. The number of ketones is 1. The van der Waals surface area contributed by atoms with Crippen LogP contribution in [0.15, 0.2) is 48.8 Å². The van der Waals surface area contributed by atoms with E-state index in [4.69, 9.17) is 4.74 Å². The average molecular weight is 306 g/mol. The van der Waals surface area contributed by atoms with Crippen LogP contribution >= 0.6 is 0 Å². The van der Waals surface area contributed by atoms with E-state index in [0.717, 1.165) is 27.9 Å². The molecule has 2 heterocycles. The van der Waals surface area contributed by atoms with E-state index in [9.17, 15) is 4.79 Å². The van der Waals surface area contributed by atoms with E-state index in [-0.39, 0.29) is 5.78 Å². The molecular formula is C19H18N2O2. The van der Waals surface area contributed by atoms with Crippen LogP contribution in [0.1, 0.15) is 21.6 Å². The molecule has 0 atom stereocenters. The van der Waals surface area contributed by atoms with Gasteiger partial charge in [-0.1, -0.05) is 0 Å². The second kappa shape index (κ2) is 6.08. The molecule has 4 heteroatoms. The van der Waals surface area contributed by atoms with E-state index in [1.807, 2.05) is 38.2 Å². The zero-order valence-electron chi connectivity index (χ0n) is 13.4. The summed E-state index contributed by atoms with van der Waals surface area (Å²) in [6, 6.07) is 9.40. The molecule has 0 amide bonds. The number of aromatic nitrogens is 2. The Kier molecular flexibility index (Phi) is 3.98. The van der Waals surface area contributed by atoms with Gasteiger partial charge in [-0.15, -0.1) is 0 Å². The van der Waals surface area contributed by atoms with Crippen molar-refractivity contribution in [1.29, 1.82) is 0 Å². The van der Waals surface area contributed by atoms with Crippen LogP contribution in [0.3, 0.4) is 0 Å². The first-order chi connectivity index (χ1) is 11.1. The van der Waals surface area contributed by atoms with Crippen molar-refractivity contribution in [2.75, 3.05) is 7.11 Å². The third-order valence-electron chi connectivity index (χ3n) is 4.11. The molecule has 4 nitrogen and oxygen atoms in total. The predicted molar refractivity (Wildman–Crippen MR) is 91.8 cm³/mol. The normalized spacial score (nSPS) is 11.3. The average Bonchev–Trinajstić information content (AvgIpc) is 2.84. The quantitative estimate of drug-likeness (QED) is 0.544. The number of carbonyl (C=O) groups excluding carboxylic acids is 1. The number of rotatable bonds is 4. The molecule has 0 saturated heterocycles. The van der Waals surface area contributed by atoms with Gasteiger partial charge < -0.3 is 9.30 Å². The van der Waals surface area contributed by atoms with Gasteiger partial charge in [0, 0.05) is 47.2 Å². The van der Waals surface area contributed by atoms with Crippen molar-refractivity contribution in [2.45, 2.75) is 6.92 Å². The summed E-state index contributed by atoms with van der Waals surface area (Å²) in [6.07, 6.45) is 6.72. The Bertz CT molecular complexity index is 893. The molecule has 0 radical (unpaired) electrons. The molecule has 0 aliphatic rings. The van der Waals surface area contributed by atoms with Crippen molar-refractivity contribution in [3.05, 3.63) is 65.6 Å². The summed E-state index contributed by atoms with van der Waals surface area (Å²) in [5.41, 5.74) is 3.88. The van der Waals surface area contributed by atoms with Gasteiger partial charge in [-0.05, 0) is 49.4 Å². The largest absolute Gasteiger partial charge is 0.497 e. The lowest BCUT2D eigenvalue weighted by molar-refractivity contribution is 0.104. The highest BCUT2D eigenvalue weighted by Gasteiger charge is 2.11. The molecule has 0 spiro atoms. The van der Waals surface area contributed by atoms with Gasteiger partial charge in [-0.3, -0.25) is 9.78 Å². The number of nitrogens with zero attached hydrogens (tertiary/aromatic N) is 2. The van der Waals surface area contributed by atoms with Gasteiger partial charge >= 0.3 is 0 Å². The maximum atomic E-state index is 12.2. The number of carbonyl (C=O) groups is 1. The first-order valence-corrected chi connectivity index (χ1v) is 7.37. The van der Waals surface area contributed by atoms with Crippen molar-refractivity contribution >= 4 is 22.8 Å². The summed E-state index contributed by atoms with van der Waals surface area (Å²) in [5, 5.41) is 1.07. The summed E-state index contributed by atoms with van der Waals surface area (Å²) in [7, 11) is 3.67. The number of allylic oxidation sites excluding steroid dienone is 1. The number of methoxy groups -OCH3 is 1. The zero-order valence-corrected chi connectivity index (χ0v) is 13.4. The van der Waals surface area contributed by atoms with Crippen LogP contribution in [0, 0.1) is 6.92 Å². The lowest BCUT2D eigenvalue weighted by atomic mass is 10.1. The van der Waals surface area contributed by atoms with Crippen molar-refractivity contribution in [3.8, 4) is 5.75 Å². The van der Waals surface area contributed by atoms with Gasteiger partial charge in [0.05, 0.1) is 7.11 Å². The second-order valence-corrected chi connectivity index (χ2v) is 5.37. The summed E-state index contributed by atoms with van der Waals surface area (Å²) in [5.74, 6) is 0.768. The fraction of sp³-hybridized carbons (Fsp3) is 0.158. The molecular weight excluding hydrogens is 288 g/mol. The molecule has 0 unspecified atom stereocenters. The van der Waals surface area contributed by atoms with E-state index < -0.39 is 0 Å². The lowest BCUT2D eigenvalue weighted by Crippen LogP contribution is -1.94. The van der Waals surface area contributed by atoms with Crippen molar-refractivity contribution in [3.63, 3.8) is 0 Å². The fourth-order valence-electron chi connectivity index (χ4n) is 2.69. The van der Waals surface area contributed by atoms with Crippen molar-refractivity contribution in [2.24, 2.45) is 7.05 Å². The van der Waals surface area contributed by atoms with Gasteiger partial charge in [0.15, 0.2) is 5.78 Å². The number of hydrogen-bond donors (Lipinski definition) is 0. The van der Waals surface area contributed by atoms with Gasteiger partial charge in [0.1, 0.15) is 5.75 Å². The minimum Gasteiger partial charge on any atom is -0.497 e. The molecule has 23 heavy (non-hydrogen) atoms. The molecule has 0 saturated carbocycles. The van der Waals surface area contributed by atoms with Crippen molar-refractivity contribution < 1.29 is 9.53 Å². The number of aryl methyl sites for hydroxylation is 1. The van der Waals surface area contributed by atoms with Crippen LogP contribution in [0.4, 0.5) is 0 Å². The highest BCUT2D eigenvalue weighted by Crippen LogP contribution is 2.29. The van der Waals surface area contributed by atoms with Gasteiger partial charge in [0.25, 0.3) is 0 Å². The molecule has 0 N–H and O–H groups in total. The second-order valence-electron chi connectivity index (χ2n) is 5.37. The third kappa shape index (κ3) is 2.75. The van der Waals surface area contributed by atoms with Gasteiger partial charge in [-0.2, -0.15) is 0 Å². The van der Waals surface area contributed by atoms with Crippen molar-refractivity contribution in [1.82, 2.24) is 9.55 Å². The Labute approximate surface area is 135 Å². The van der Waals surface area contributed by atoms with Crippen LogP contribution < -0.4 is 4.74 Å². The maximum absolute atomic E-state index is 12.2. The highest BCUT2D eigenvalue weighted by molar-refractivity contribution is 6.08. The topological polar surface area (TPSA) is 44.1 Å². The summed E-state index contributed by atoms with van der Waals surface area (Å²) in [6.45, 7) is 2.04. The highest BCUT2D eigenvalue weighted by atomic mass is 16.5. The van der Waals surface area contributed by atoms with E-state index in [1.54, 1.807) is 37.7 Å². The maximum Gasteiger partial charge on any atom is 0.185 e. The van der Waals surface area contributed by atoms with Crippen LogP contribution in [0.2, 0.25) is 0 Å². The molecule has 3 rings (SSSR count). The summed E-state index contributed by atoms with van der Waals surface area (Å²) >= 11 is 0. The van der Waals surface area contributed by atoms with Crippen LogP contribution in [-0.2, 0) is 7.05 Å². The van der Waals surface area contributed by atoms with E-state index in [1.165, 1.54) is 0 Å². The standard InChI is InChI=1S/C19H18N2O2/c1-13-16(5-7-19(22)14-8-10-20-11-9-14)17-12-15(23-3)4-6-18(17)21(13)2/h4-12H,1-3H3/b7-5+. The monoisotopic (exact) mass is 306 g/mol. The molecule has 1 aromatic carbocycles. The van der Waals surface area contributed by atoms with E-state index in [0.29, 0.717) is 5.56 Å². The predicted octanol–water partition coefficient (Wildman–Crippen LogP) is 3.79. The first kappa shape index (κ1) is 15.0. The fourth-order valence-corrected chi connectivity index (χ4v) is 2.69. The van der Waals surface area contributed by atoms with Gasteiger partial charge in [-0.25, -0.2) is 0 Å². The Morgan fingerprint density at radius 2 is 1.96 bits per heavy atom. The molecule has 0 bridgehead atoms. The van der Waals surface area contributed by atoms with Gasteiger partial charge in [0.2, 0.25) is 0 Å². The van der Waals surface area contributed by atoms with Crippen LogP contribution in [-0.4, -0.2) is 22.4 Å². The molecule has 0 fully saturated rings. The SMILES string of the molecule is COc1ccc2c(c1)c(/C=C/C(=O)c1ccncc1)c(C)n2C.